The van der Waals surface area contributed by atoms with Gasteiger partial charge in [-0.05, 0) is 47.9 Å². The van der Waals surface area contributed by atoms with Gasteiger partial charge in [0.1, 0.15) is 0 Å². The minimum Gasteiger partial charge on any atom is -0.366 e. The molecule has 2 nitrogen and oxygen atoms in total. The van der Waals surface area contributed by atoms with Crippen LogP contribution in [-0.2, 0) is 0 Å². The van der Waals surface area contributed by atoms with Crippen LogP contribution in [0.25, 0.3) is 0 Å². The lowest BCUT2D eigenvalue weighted by molar-refractivity contribution is 0.1000. The molecule has 1 amide bonds. The molecule has 0 aromatic heterocycles. The van der Waals surface area contributed by atoms with E-state index in [1.54, 1.807) is 0 Å². The van der Waals surface area contributed by atoms with Gasteiger partial charge in [-0.3, -0.25) is 4.79 Å². The maximum Gasteiger partial charge on any atom is 0.248 e. The highest BCUT2D eigenvalue weighted by Crippen LogP contribution is 2.34. The first kappa shape index (κ1) is 13.1. The molecule has 1 fully saturated rings. The fourth-order valence-corrected chi connectivity index (χ4v) is 2.82. The van der Waals surface area contributed by atoms with E-state index >= 15 is 0 Å². The molecule has 0 heterocycles. The number of hydrogen-bond acceptors (Lipinski definition) is 1. The predicted octanol–water partition coefficient (Wildman–Crippen LogP) is 3.96. The van der Waals surface area contributed by atoms with Gasteiger partial charge in [0.15, 0.2) is 0 Å². The van der Waals surface area contributed by atoms with Crippen molar-refractivity contribution in [2.24, 2.45) is 5.73 Å². The van der Waals surface area contributed by atoms with E-state index in [1.165, 1.54) is 43.2 Å². The van der Waals surface area contributed by atoms with E-state index in [2.05, 4.69) is 19.9 Å². The number of nitrogens with two attached hydrogens (primary N) is 1. The van der Waals surface area contributed by atoms with Crippen LogP contribution in [0.4, 0.5) is 0 Å². The van der Waals surface area contributed by atoms with Crippen molar-refractivity contribution in [2.45, 2.75) is 57.8 Å². The van der Waals surface area contributed by atoms with Crippen LogP contribution in [0.15, 0.2) is 18.2 Å². The minimum absolute atomic E-state index is 0.311. The van der Waals surface area contributed by atoms with Crippen LogP contribution in [0.3, 0.4) is 0 Å². The van der Waals surface area contributed by atoms with E-state index in [0.29, 0.717) is 17.4 Å². The van der Waals surface area contributed by atoms with Crippen LogP contribution in [0.2, 0.25) is 0 Å². The Morgan fingerprint density at radius 2 is 1.83 bits per heavy atom. The Labute approximate surface area is 110 Å². The van der Waals surface area contributed by atoms with E-state index in [0.717, 1.165) is 0 Å². The predicted molar refractivity (Wildman–Crippen MR) is 74.9 cm³/mol. The Balaban J connectivity index is 2.35. The second-order valence-electron chi connectivity index (χ2n) is 5.74. The third-order valence-electron chi connectivity index (χ3n) is 4.01. The van der Waals surface area contributed by atoms with Gasteiger partial charge in [-0.2, -0.15) is 0 Å². The van der Waals surface area contributed by atoms with E-state index in [4.69, 9.17) is 5.73 Å². The van der Waals surface area contributed by atoms with Crippen LogP contribution >= 0.6 is 0 Å². The molecule has 18 heavy (non-hydrogen) atoms. The minimum atomic E-state index is -0.311. The largest absolute Gasteiger partial charge is 0.366 e. The van der Waals surface area contributed by atoms with E-state index < -0.39 is 0 Å². The molecule has 2 N–H and O–H groups in total. The van der Waals surface area contributed by atoms with Crippen LogP contribution in [0.5, 0.6) is 0 Å². The zero-order chi connectivity index (χ0) is 13.1. The van der Waals surface area contributed by atoms with Crippen molar-refractivity contribution < 1.29 is 4.79 Å². The molecular weight excluding hydrogens is 222 g/mol. The monoisotopic (exact) mass is 245 g/mol. The normalized spacial score (nSPS) is 17.1. The number of carbonyl (C=O) groups is 1. The average Bonchev–Trinajstić information content (AvgIpc) is 2.39. The van der Waals surface area contributed by atoms with Gasteiger partial charge in [0.25, 0.3) is 0 Å². The smallest absolute Gasteiger partial charge is 0.248 e. The molecule has 0 atom stereocenters. The van der Waals surface area contributed by atoms with Crippen molar-refractivity contribution in [3.8, 4) is 0 Å². The molecule has 0 spiro atoms. The van der Waals surface area contributed by atoms with E-state index in [-0.39, 0.29) is 5.91 Å². The lowest BCUT2D eigenvalue weighted by Crippen LogP contribution is -2.13. The maximum absolute atomic E-state index is 11.4. The summed E-state index contributed by atoms with van der Waals surface area (Å²) < 4.78 is 0. The Kier molecular flexibility index (Phi) is 4.05. The number of primary amides is 1. The third-order valence-corrected chi connectivity index (χ3v) is 4.01. The van der Waals surface area contributed by atoms with Crippen molar-refractivity contribution >= 4 is 5.91 Å². The molecular formula is C16H23NO. The summed E-state index contributed by atoms with van der Waals surface area (Å²) in [4.78, 5) is 11.4. The van der Waals surface area contributed by atoms with Crippen molar-refractivity contribution in [3.05, 3.63) is 34.9 Å². The molecule has 1 aromatic carbocycles. The SMILES string of the molecule is CC(C)c1cc(C(N)=O)cc(C2CCCCC2)c1. The molecule has 1 aliphatic rings. The van der Waals surface area contributed by atoms with Gasteiger partial charge in [-0.1, -0.05) is 39.2 Å². The molecule has 1 aliphatic carbocycles. The summed E-state index contributed by atoms with van der Waals surface area (Å²) in [6.45, 7) is 4.31. The van der Waals surface area contributed by atoms with E-state index in [9.17, 15) is 4.79 Å². The molecule has 0 aliphatic heterocycles. The Morgan fingerprint density at radius 3 is 2.39 bits per heavy atom. The average molecular weight is 245 g/mol. The highest BCUT2D eigenvalue weighted by Gasteiger charge is 2.18. The molecule has 0 bridgehead atoms. The van der Waals surface area contributed by atoms with Crippen LogP contribution in [0, 0.1) is 0 Å². The molecule has 0 unspecified atom stereocenters. The topological polar surface area (TPSA) is 43.1 Å². The number of hydrogen-bond donors (Lipinski definition) is 1. The fourth-order valence-electron chi connectivity index (χ4n) is 2.82. The first-order valence-corrected chi connectivity index (χ1v) is 7.02. The van der Waals surface area contributed by atoms with Gasteiger partial charge in [0.05, 0.1) is 0 Å². The zero-order valence-corrected chi connectivity index (χ0v) is 11.4. The molecule has 1 aromatic rings. The zero-order valence-electron chi connectivity index (χ0n) is 11.4. The molecule has 2 heteroatoms. The highest BCUT2D eigenvalue weighted by molar-refractivity contribution is 5.93. The summed E-state index contributed by atoms with van der Waals surface area (Å²) in [6.07, 6.45) is 6.47. The van der Waals surface area contributed by atoms with Crippen molar-refractivity contribution in [1.82, 2.24) is 0 Å². The quantitative estimate of drug-likeness (QED) is 0.860. The lowest BCUT2D eigenvalue weighted by Gasteiger charge is -2.23. The number of benzene rings is 1. The van der Waals surface area contributed by atoms with Crippen molar-refractivity contribution in [3.63, 3.8) is 0 Å². The second-order valence-corrected chi connectivity index (χ2v) is 5.74. The summed E-state index contributed by atoms with van der Waals surface area (Å²) in [5, 5.41) is 0. The maximum atomic E-state index is 11.4. The van der Waals surface area contributed by atoms with Crippen molar-refractivity contribution in [1.29, 1.82) is 0 Å². The van der Waals surface area contributed by atoms with Crippen LogP contribution in [0.1, 0.15) is 79.3 Å². The van der Waals surface area contributed by atoms with Gasteiger partial charge in [-0.25, -0.2) is 0 Å². The number of rotatable bonds is 3. The molecule has 0 saturated heterocycles. The van der Waals surface area contributed by atoms with Gasteiger partial charge in [0.2, 0.25) is 5.91 Å². The number of carbonyl (C=O) groups excluding carboxylic acids is 1. The summed E-state index contributed by atoms with van der Waals surface area (Å²) in [6, 6.07) is 6.22. The standard InChI is InChI=1S/C16H23NO/c1-11(2)13-8-14(10-15(9-13)16(17)18)12-6-4-3-5-7-12/h8-12H,3-7H2,1-2H3,(H2,17,18). The Hall–Kier alpha value is -1.31. The Bertz CT molecular complexity index is 431. The first-order chi connectivity index (χ1) is 8.58. The van der Waals surface area contributed by atoms with Gasteiger partial charge in [0, 0.05) is 5.56 Å². The third kappa shape index (κ3) is 2.92. The molecule has 98 valence electrons. The first-order valence-electron chi connectivity index (χ1n) is 7.02. The van der Waals surface area contributed by atoms with Gasteiger partial charge in [-0.15, -0.1) is 0 Å². The fraction of sp³-hybridized carbons (Fsp3) is 0.562. The molecule has 2 rings (SSSR count). The van der Waals surface area contributed by atoms with Gasteiger partial charge < -0.3 is 5.73 Å². The summed E-state index contributed by atoms with van der Waals surface area (Å²) in [5.41, 5.74) is 8.65. The van der Waals surface area contributed by atoms with Crippen molar-refractivity contribution in [2.75, 3.05) is 0 Å². The molecule has 1 saturated carbocycles. The summed E-state index contributed by atoms with van der Waals surface area (Å²) >= 11 is 0. The summed E-state index contributed by atoms with van der Waals surface area (Å²) in [7, 11) is 0. The van der Waals surface area contributed by atoms with Gasteiger partial charge >= 0.3 is 0 Å². The summed E-state index contributed by atoms with van der Waals surface area (Å²) in [5.74, 6) is 0.747. The molecule has 0 radical (unpaired) electrons. The lowest BCUT2D eigenvalue weighted by atomic mass is 9.82. The van der Waals surface area contributed by atoms with E-state index in [1.807, 2.05) is 12.1 Å². The van der Waals surface area contributed by atoms with Crippen LogP contribution in [-0.4, -0.2) is 5.91 Å². The van der Waals surface area contributed by atoms with Crippen LogP contribution < -0.4 is 5.73 Å². The second kappa shape index (κ2) is 5.55. The Morgan fingerprint density at radius 1 is 1.17 bits per heavy atom. The number of amides is 1. The highest BCUT2D eigenvalue weighted by atomic mass is 16.1.